The van der Waals surface area contributed by atoms with Crippen molar-refractivity contribution in [2.75, 3.05) is 65.5 Å². The van der Waals surface area contributed by atoms with Gasteiger partial charge in [0.15, 0.2) is 0 Å². The Morgan fingerprint density at radius 1 is 0.561 bits per heavy atom. The second kappa shape index (κ2) is 62.5. The maximum absolute atomic E-state index is 14.8. The van der Waals surface area contributed by atoms with E-state index in [0.29, 0.717) is 60.4 Å². The molecule has 0 aliphatic carbocycles. The van der Waals surface area contributed by atoms with E-state index in [4.69, 9.17) is 22.9 Å². The first kappa shape index (κ1) is 124. The van der Waals surface area contributed by atoms with Gasteiger partial charge in [-0.1, -0.05) is 59.7 Å². The molecule has 28 N–H and O–H groups in total. The molecule has 1 fully saturated rings. The Labute approximate surface area is 796 Å². The third kappa shape index (κ3) is 46.6. The van der Waals surface area contributed by atoms with E-state index in [2.05, 4.69) is 111 Å². The summed E-state index contributed by atoms with van der Waals surface area (Å²) in [5.41, 5.74) is 22.0. The topological polar surface area (TPSA) is 769 Å². The van der Waals surface area contributed by atoms with Crippen molar-refractivity contribution < 1.29 is 143 Å². The number of hydrogen-bond donors (Lipinski definition) is 24. The number of phenols is 1. The number of unbranched alkanes of at least 4 members (excludes halogenated alkanes) is 1. The van der Waals surface area contributed by atoms with Gasteiger partial charge < -0.3 is 144 Å². The Morgan fingerprint density at radius 3 is 1.48 bits per heavy atom. The van der Waals surface area contributed by atoms with Crippen molar-refractivity contribution in [1.82, 2.24) is 89.6 Å². The van der Waals surface area contributed by atoms with E-state index >= 15 is 0 Å². The number of phenolic OH excluding ortho intramolecular Hbond substituents is 1. The number of nitrogens with zero attached hydrogens (tertiary/aromatic N) is 3. The summed E-state index contributed by atoms with van der Waals surface area (Å²) in [6, 6.07) is -15.3. The van der Waals surface area contributed by atoms with Crippen LogP contribution in [0, 0.1) is 21.3 Å². The minimum Gasteiger partial charge on any atom is -2.00 e. The molecule has 13 atom stereocenters. The van der Waals surface area contributed by atoms with E-state index in [1.165, 1.54) is 39.0 Å². The van der Waals surface area contributed by atoms with Crippen molar-refractivity contribution in [3.8, 4) is 5.75 Å². The number of hydrogen-bond acceptors (Lipinski definition) is 27. The van der Waals surface area contributed by atoms with Gasteiger partial charge in [-0.05, 0) is 177 Å². The SMILES string of the molecule is CCC(C)(C)NCCN(CCNC(=O)CNC(=O)[C@H](CCCCN)NC(=O)[C@H](CC(C)C)NC(=O)[C@H](CC(C)C)NC(=O)[C@@H](NC(=O)[C@H](Cc1ccc(O)c(I)c1)NC(=O)[C@@H]1CCCN1C(=O)[C@H](CO)NC(=O)[C@@H](NC(=O)[C@H](CCC(N)=O)NC(=O)[C@H](CCC(=O)O)NC(=O)[C@H](CCC(N)=O)NC(=O)[C@H](CC(N)=O)NC(C)=O)C(C)C)[C@@H](C)O)CCNC(C)(C)/C(C)=N/O.[99Tc+4].[O-2].[O-2]. The van der Waals surface area contributed by atoms with Crippen LogP contribution in [0.4, 0.5) is 0 Å². The van der Waals surface area contributed by atoms with Crippen LogP contribution in [0.2, 0.25) is 0 Å². The van der Waals surface area contributed by atoms with Gasteiger partial charge in [-0.2, -0.15) is 0 Å². The average molecular weight is 2070 g/mol. The van der Waals surface area contributed by atoms with Crippen molar-refractivity contribution in [3.05, 3.63) is 27.3 Å². The zero-order valence-corrected chi connectivity index (χ0v) is 81.7. The van der Waals surface area contributed by atoms with Crippen molar-refractivity contribution in [2.45, 2.75) is 289 Å². The number of rotatable bonds is 62. The monoisotopic (exact) mass is 2070 g/mol. The number of primary amides is 3. The number of likely N-dealkylation sites (tertiary alicyclic amines) is 1. The number of benzene rings is 1. The van der Waals surface area contributed by atoms with Crippen LogP contribution in [0.15, 0.2) is 23.4 Å². The van der Waals surface area contributed by atoms with Crippen LogP contribution in [0.5, 0.6) is 5.75 Å². The Morgan fingerprint density at radius 2 is 1.02 bits per heavy atom. The minimum absolute atomic E-state index is 0. The van der Waals surface area contributed by atoms with Crippen LogP contribution in [-0.2, 0) is 124 Å². The number of aliphatic carboxylic acids is 1. The average Bonchev–Trinajstić information content (AvgIpc) is 1.63. The standard InChI is InChI=1S/C83H141IN22O23.2O.Tc/c1-15-82(11,12)91-31-35-105(36-32-92-83(13,14)48(9)104-129)34-30-89-66(114)42-90-70(117)52(19-16-17-29-85)94-74(121)56(37-44(2)3)98-75(122)57(38-45(4)5)100-80(127)69(47(8)108)103-77(124)58(40-50-21-25-62(110)51(84)39-50)99-78(125)61-20-18-33-106(61)81(128)60(43-107)101-79(126)68(46(6)7)102-73(120)54(23-27-64(87)112)95-72(119)55(24-28-67(115)116)96-71(118)53(22-26-63(86)111)97-76(123)59(41-65(88)113)93-49(10)109;;;/h21,25,39,44-47,52-61,68-69,91-92,107-108,110,129H,15-20,22-24,26-38,40-43,85H2,1-14H3,(H2,86,111)(H2,87,112)(H2,88,113)(H,89,114)(H,90,117)(H,93,109)(H,94,121)(H,95,119)(H,96,118)(H,97,123)(H,98,122)(H,99,125)(H,100,127)(H,101,126)(H,102,120)(H,103,124)(H,115,116);;;/q;2*-2;+4/b104-48+;;;/t47-,52+,53+,54+,55+,56+,57+,58+,59+,60+,61+,68+,69+;;;/m1.../s1/i;;;1+1. The van der Waals surface area contributed by atoms with Crippen LogP contribution in [0.3, 0.4) is 0 Å². The number of nitrogens with one attached hydrogen (secondary N) is 15. The van der Waals surface area contributed by atoms with Crippen molar-refractivity contribution in [2.24, 2.45) is 45.8 Å². The van der Waals surface area contributed by atoms with Crippen LogP contribution >= 0.6 is 22.6 Å². The van der Waals surface area contributed by atoms with Gasteiger partial charge in [0.1, 0.15) is 78.3 Å². The number of aliphatic hydroxyl groups is 2. The molecule has 0 saturated carbocycles. The van der Waals surface area contributed by atoms with E-state index < -0.39 is 255 Å². The zero-order valence-electron chi connectivity index (χ0n) is 77.7. The number of carboxylic acid groups (broad SMARTS) is 1. The van der Waals surface area contributed by atoms with Gasteiger partial charge in [0.25, 0.3) is 0 Å². The molecular weight excluding hydrogens is 1930 g/mol. The number of oxime groups is 1. The van der Waals surface area contributed by atoms with E-state index in [1.807, 2.05) is 36.4 Å². The van der Waals surface area contributed by atoms with Crippen LogP contribution in [0.25, 0.3) is 0 Å². The number of carbonyl (C=O) groups is 18. The quantitative estimate of drug-likeness (QED) is 0.00952. The number of carboxylic acids is 1. The van der Waals surface area contributed by atoms with Gasteiger partial charge in [0.2, 0.25) is 100 Å². The van der Waals surface area contributed by atoms with E-state index in [-0.39, 0.29) is 112 Å². The molecule has 1 aromatic rings. The second-order valence-corrected chi connectivity index (χ2v) is 35.7. The molecule has 1 radical (unpaired) electrons. The Balaban J connectivity index is 0. The van der Waals surface area contributed by atoms with Gasteiger partial charge in [-0.3, -0.25) is 91.2 Å². The number of carbonyl (C=O) groups excluding carboxylic acids is 17. The summed E-state index contributed by atoms with van der Waals surface area (Å²) >= 11 is 1.83. The van der Waals surface area contributed by atoms with Gasteiger partial charge in [0, 0.05) is 84.0 Å². The second-order valence-electron chi connectivity index (χ2n) is 34.5. The first-order chi connectivity index (χ1) is 60.3. The predicted molar refractivity (Wildman–Crippen MR) is 482 cm³/mol. The van der Waals surface area contributed by atoms with Crippen molar-refractivity contribution >= 4 is 135 Å². The maximum Gasteiger partial charge on any atom is 4.00 e. The fraction of sp³-hybridized carbons (Fsp3) is 0.699. The van der Waals surface area contributed by atoms with Gasteiger partial charge in [-0.15, -0.1) is 0 Å². The largest absolute Gasteiger partial charge is 4.00 e. The number of amides is 17. The molecule has 132 heavy (non-hydrogen) atoms. The molecule has 47 nitrogen and oxygen atoms in total. The molecule has 0 bridgehead atoms. The summed E-state index contributed by atoms with van der Waals surface area (Å²) in [7, 11) is 0. The Bertz CT molecular complexity index is 4000. The first-order valence-corrected chi connectivity index (χ1v) is 44.5. The van der Waals surface area contributed by atoms with Crippen molar-refractivity contribution in [3.63, 3.8) is 0 Å². The summed E-state index contributed by atoms with van der Waals surface area (Å²) < 4.78 is 0.320. The Hall–Kier alpha value is -9.99. The number of nitrogens with two attached hydrogens (primary N) is 4. The number of aromatic hydroxyl groups is 1. The molecule has 1 heterocycles. The molecule has 49 heteroatoms. The van der Waals surface area contributed by atoms with Crippen LogP contribution in [0.1, 0.15) is 199 Å². The molecule has 747 valence electrons. The first-order valence-electron chi connectivity index (χ1n) is 43.4. The van der Waals surface area contributed by atoms with Gasteiger partial charge >= 0.3 is 26.1 Å². The number of halogens is 1. The molecule has 17 amide bonds. The molecule has 1 saturated heterocycles. The summed E-state index contributed by atoms with van der Waals surface area (Å²) in [5, 5.41) is 94.3. The van der Waals surface area contributed by atoms with Gasteiger partial charge in [-0.25, -0.2) is 0 Å². The Kier molecular flexibility index (Phi) is 58.7. The summed E-state index contributed by atoms with van der Waals surface area (Å²) in [5.74, 6) is -19.8. The molecular formula is C83H141IN22O25Tc. The molecule has 1 aliphatic heterocycles. The molecule has 2 rings (SSSR count). The normalized spacial score (nSPS) is 15.4. The molecule has 1 aromatic carbocycles. The third-order valence-corrected chi connectivity index (χ3v) is 22.3. The van der Waals surface area contributed by atoms with E-state index in [9.17, 15) is 112 Å². The predicted octanol–water partition coefficient (Wildman–Crippen LogP) is -5.30. The molecule has 0 unspecified atom stereocenters. The molecule has 1 aliphatic rings. The zero-order chi connectivity index (χ0) is 97.9. The third-order valence-electron chi connectivity index (χ3n) is 21.4. The summed E-state index contributed by atoms with van der Waals surface area (Å²) in [6.45, 7) is 25.6. The smallest absolute Gasteiger partial charge is 2.00 e. The van der Waals surface area contributed by atoms with Crippen molar-refractivity contribution in [1.29, 1.82) is 0 Å². The van der Waals surface area contributed by atoms with E-state index in [0.717, 1.165) is 18.2 Å². The minimum atomic E-state index is -1.88. The molecule has 0 aromatic heterocycles. The van der Waals surface area contributed by atoms with Crippen LogP contribution in [-0.4, -0.2) is 303 Å². The van der Waals surface area contributed by atoms with Gasteiger partial charge in [0.05, 0.1) is 40.5 Å². The van der Waals surface area contributed by atoms with Crippen LogP contribution < -0.4 is 103 Å². The fourth-order valence-corrected chi connectivity index (χ4v) is 14.0. The fourth-order valence-electron chi connectivity index (χ4n) is 13.4. The summed E-state index contributed by atoms with van der Waals surface area (Å²) in [6.07, 6.45) is -4.74. The maximum atomic E-state index is 14.8. The summed E-state index contributed by atoms with van der Waals surface area (Å²) in [4.78, 5) is 248. The number of aliphatic hydroxyl groups excluding tert-OH is 2. The molecule has 0 spiro atoms. The van der Waals surface area contributed by atoms with E-state index in [1.54, 1.807) is 34.6 Å².